The number of halogens is 1. The van der Waals surface area contributed by atoms with Gasteiger partial charge in [0.2, 0.25) is 10.0 Å². The summed E-state index contributed by atoms with van der Waals surface area (Å²) in [7, 11) is -0.743. The second kappa shape index (κ2) is 9.93. The summed E-state index contributed by atoms with van der Waals surface area (Å²) in [6, 6.07) is 18.6. The number of nitrogens with one attached hydrogen (secondary N) is 1. The minimum absolute atomic E-state index is 0.0229. The summed E-state index contributed by atoms with van der Waals surface area (Å²) < 4.78 is 45.4. The van der Waals surface area contributed by atoms with E-state index in [9.17, 15) is 17.6 Å². The highest BCUT2D eigenvalue weighted by Gasteiger charge is 2.22. The molecule has 3 aromatic carbocycles. The molecule has 0 aromatic heterocycles. The first-order chi connectivity index (χ1) is 15.2. The molecule has 0 aliphatic carbocycles. The first-order valence-electron chi connectivity index (χ1n) is 9.97. The van der Waals surface area contributed by atoms with Gasteiger partial charge in [-0.05, 0) is 55.0 Å². The molecule has 6 nitrogen and oxygen atoms in total. The Morgan fingerprint density at radius 2 is 1.72 bits per heavy atom. The predicted molar refractivity (Wildman–Crippen MR) is 120 cm³/mol. The number of sulfonamides is 1. The number of amides is 1. The van der Waals surface area contributed by atoms with Gasteiger partial charge in [-0.1, -0.05) is 30.3 Å². The zero-order chi connectivity index (χ0) is 23.3. The third kappa shape index (κ3) is 5.33. The fourth-order valence-electron chi connectivity index (χ4n) is 3.26. The smallest absolute Gasteiger partial charge is 0.251 e. The number of rotatable bonds is 8. The lowest BCUT2D eigenvalue weighted by atomic mass is 10.1. The number of carbonyl (C=O) groups excluding carboxylic acids is 1. The maximum absolute atomic E-state index is 13.1. The maximum Gasteiger partial charge on any atom is 0.251 e. The molecular weight excluding hydrogens is 431 g/mol. The molecule has 1 N–H and O–H groups in total. The molecule has 0 saturated carbocycles. The first kappa shape index (κ1) is 23.4. The molecule has 0 heterocycles. The van der Waals surface area contributed by atoms with Crippen molar-refractivity contribution in [3.63, 3.8) is 0 Å². The Balaban J connectivity index is 1.80. The summed E-state index contributed by atoms with van der Waals surface area (Å²) in [6.07, 6.45) is 0. The van der Waals surface area contributed by atoms with Crippen LogP contribution in [0.1, 0.15) is 34.5 Å². The van der Waals surface area contributed by atoms with E-state index in [-0.39, 0.29) is 29.2 Å². The van der Waals surface area contributed by atoms with Crippen molar-refractivity contribution < 1.29 is 22.3 Å². The van der Waals surface area contributed by atoms with E-state index in [0.717, 1.165) is 5.56 Å². The normalized spacial score (nSPS) is 12.4. The number of hydrogen-bond donors (Lipinski definition) is 1. The largest absolute Gasteiger partial charge is 0.496 e. The molecule has 1 amide bonds. The van der Waals surface area contributed by atoms with E-state index in [2.05, 4.69) is 5.32 Å². The summed E-state index contributed by atoms with van der Waals surface area (Å²) in [4.78, 5) is 13.0. The van der Waals surface area contributed by atoms with Crippen molar-refractivity contribution >= 4 is 15.9 Å². The van der Waals surface area contributed by atoms with E-state index >= 15 is 0 Å². The third-order valence-electron chi connectivity index (χ3n) is 5.10. The quantitative estimate of drug-likeness (QED) is 0.553. The zero-order valence-electron chi connectivity index (χ0n) is 18.1. The Bertz CT molecular complexity index is 1180. The van der Waals surface area contributed by atoms with Crippen LogP contribution in [0.3, 0.4) is 0 Å². The Morgan fingerprint density at radius 3 is 2.34 bits per heavy atom. The Labute approximate surface area is 187 Å². The average Bonchev–Trinajstić information content (AvgIpc) is 2.79. The molecule has 0 spiro atoms. The van der Waals surface area contributed by atoms with Crippen LogP contribution in [0.2, 0.25) is 0 Å². The van der Waals surface area contributed by atoms with Gasteiger partial charge >= 0.3 is 0 Å². The monoisotopic (exact) mass is 456 g/mol. The number of ether oxygens (including phenoxy) is 1. The van der Waals surface area contributed by atoms with Gasteiger partial charge in [0, 0.05) is 24.7 Å². The minimum atomic E-state index is -3.71. The molecule has 1 atom stereocenters. The van der Waals surface area contributed by atoms with E-state index in [1.165, 1.54) is 42.7 Å². The number of hydrogen-bond acceptors (Lipinski definition) is 4. The first-order valence-corrected chi connectivity index (χ1v) is 11.4. The van der Waals surface area contributed by atoms with Crippen molar-refractivity contribution in [2.24, 2.45) is 0 Å². The van der Waals surface area contributed by atoms with Crippen LogP contribution >= 0.6 is 0 Å². The molecule has 8 heteroatoms. The van der Waals surface area contributed by atoms with Crippen LogP contribution in [0.5, 0.6) is 5.75 Å². The lowest BCUT2D eigenvalue weighted by Crippen LogP contribution is -2.28. The number of methoxy groups -OCH3 is 1. The fourth-order valence-corrected chi connectivity index (χ4v) is 4.43. The van der Waals surface area contributed by atoms with Gasteiger partial charge in [-0.3, -0.25) is 4.79 Å². The molecule has 3 aromatic rings. The molecule has 32 heavy (non-hydrogen) atoms. The molecule has 0 radical (unpaired) electrons. The second-order valence-corrected chi connectivity index (χ2v) is 9.39. The van der Waals surface area contributed by atoms with Crippen molar-refractivity contribution in [2.45, 2.75) is 24.4 Å². The molecule has 0 fully saturated rings. The number of nitrogens with zero attached hydrogens (tertiary/aromatic N) is 1. The van der Waals surface area contributed by atoms with Crippen LogP contribution in [0.15, 0.2) is 77.7 Å². The predicted octanol–water partition coefficient (Wildman–Crippen LogP) is 4.15. The van der Waals surface area contributed by atoms with Crippen LogP contribution < -0.4 is 10.1 Å². The van der Waals surface area contributed by atoms with Crippen molar-refractivity contribution in [1.29, 1.82) is 0 Å². The molecular formula is C24H25FN2O4S. The lowest BCUT2D eigenvalue weighted by molar-refractivity contribution is 0.0939. The highest BCUT2D eigenvalue weighted by Crippen LogP contribution is 2.25. The zero-order valence-corrected chi connectivity index (χ0v) is 18.9. The number of carbonyl (C=O) groups is 1. The SMILES string of the molecule is COc1ccc(C(=O)N[C@@H](C)c2ccc(F)cc2)cc1CN(C)S(=O)(=O)c1ccccc1. The minimum Gasteiger partial charge on any atom is -0.496 e. The van der Waals surface area contributed by atoms with Gasteiger partial charge < -0.3 is 10.1 Å². The fraction of sp³-hybridized carbons (Fsp3) is 0.208. The molecule has 0 unspecified atom stereocenters. The second-order valence-electron chi connectivity index (χ2n) is 7.35. The van der Waals surface area contributed by atoms with Gasteiger partial charge in [0.1, 0.15) is 11.6 Å². The van der Waals surface area contributed by atoms with Crippen LogP contribution in [-0.4, -0.2) is 32.8 Å². The van der Waals surface area contributed by atoms with Gasteiger partial charge in [-0.2, -0.15) is 4.31 Å². The van der Waals surface area contributed by atoms with E-state index in [1.807, 2.05) is 0 Å². The van der Waals surface area contributed by atoms with E-state index in [0.29, 0.717) is 16.9 Å². The van der Waals surface area contributed by atoms with Crippen molar-refractivity contribution in [3.8, 4) is 5.75 Å². The van der Waals surface area contributed by atoms with Crippen molar-refractivity contribution in [1.82, 2.24) is 9.62 Å². The molecule has 0 aliphatic heterocycles. The van der Waals surface area contributed by atoms with Gasteiger partial charge in [0.05, 0.1) is 18.0 Å². The van der Waals surface area contributed by atoms with Crippen LogP contribution in [0.4, 0.5) is 4.39 Å². The van der Waals surface area contributed by atoms with E-state index < -0.39 is 10.0 Å². The van der Waals surface area contributed by atoms with Gasteiger partial charge in [0.25, 0.3) is 5.91 Å². The van der Waals surface area contributed by atoms with Gasteiger partial charge in [0.15, 0.2) is 0 Å². The average molecular weight is 457 g/mol. The molecule has 168 valence electrons. The summed E-state index contributed by atoms with van der Waals surface area (Å²) in [5, 5.41) is 2.87. The van der Waals surface area contributed by atoms with Crippen LogP contribution in [0, 0.1) is 5.82 Å². The van der Waals surface area contributed by atoms with Gasteiger partial charge in [-0.15, -0.1) is 0 Å². The number of benzene rings is 3. The third-order valence-corrected chi connectivity index (χ3v) is 6.92. The van der Waals surface area contributed by atoms with Crippen molar-refractivity contribution in [3.05, 3.63) is 95.3 Å². The topological polar surface area (TPSA) is 75.7 Å². The summed E-state index contributed by atoms with van der Waals surface area (Å²) in [5.41, 5.74) is 1.68. The lowest BCUT2D eigenvalue weighted by Gasteiger charge is -2.20. The Kier molecular flexibility index (Phi) is 7.27. The maximum atomic E-state index is 13.1. The van der Waals surface area contributed by atoms with E-state index in [1.54, 1.807) is 55.5 Å². The Hall–Kier alpha value is -3.23. The summed E-state index contributed by atoms with van der Waals surface area (Å²) in [5.74, 6) is -0.204. The molecule has 3 rings (SSSR count). The highest BCUT2D eigenvalue weighted by atomic mass is 32.2. The summed E-state index contributed by atoms with van der Waals surface area (Å²) >= 11 is 0. The molecule has 0 bridgehead atoms. The van der Waals surface area contributed by atoms with E-state index in [4.69, 9.17) is 4.74 Å². The summed E-state index contributed by atoms with van der Waals surface area (Å²) in [6.45, 7) is 1.82. The van der Waals surface area contributed by atoms with Crippen molar-refractivity contribution in [2.75, 3.05) is 14.2 Å². The van der Waals surface area contributed by atoms with Crippen LogP contribution in [-0.2, 0) is 16.6 Å². The molecule has 0 aliphatic rings. The van der Waals surface area contributed by atoms with Crippen LogP contribution in [0.25, 0.3) is 0 Å². The molecule has 0 saturated heterocycles. The van der Waals surface area contributed by atoms with Gasteiger partial charge in [-0.25, -0.2) is 12.8 Å². The Morgan fingerprint density at radius 1 is 1.06 bits per heavy atom. The highest BCUT2D eigenvalue weighted by molar-refractivity contribution is 7.89. The standard InChI is InChI=1S/C24H25FN2O4S/c1-17(18-9-12-21(25)13-10-18)26-24(28)19-11-14-23(31-3)20(15-19)16-27(2)32(29,30)22-7-5-4-6-8-22/h4-15,17H,16H2,1-3H3,(H,26,28)/t17-/m0/s1.